The van der Waals surface area contributed by atoms with Gasteiger partial charge >= 0.3 is 5.69 Å². The van der Waals surface area contributed by atoms with Crippen molar-refractivity contribution < 1.29 is 13.9 Å². The van der Waals surface area contributed by atoms with Gasteiger partial charge < -0.3 is 25.9 Å². The van der Waals surface area contributed by atoms with Gasteiger partial charge in [-0.25, -0.2) is 9.18 Å². The van der Waals surface area contributed by atoms with E-state index in [0.717, 1.165) is 18.9 Å². The van der Waals surface area contributed by atoms with Crippen molar-refractivity contribution in [1.82, 2.24) is 9.24 Å². The number of halogens is 1. The molecule has 9 nitrogen and oxygen atoms in total. The number of hydrogen-bond acceptors (Lipinski definition) is 7. The molecule has 1 saturated carbocycles. The number of anilines is 1. The van der Waals surface area contributed by atoms with Crippen LogP contribution in [0.5, 0.6) is 5.75 Å². The number of rotatable bonds is 6. The van der Waals surface area contributed by atoms with E-state index >= 15 is 4.39 Å². The summed E-state index contributed by atoms with van der Waals surface area (Å²) in [4.78, 5) is 27.4. The molecule has 1 saturated heterocycles. The minimum absolute atomic E-state index is 0.0261. The number of benzene rings is 1. The fourth-order valence-corrected chi connectivity index (χ4v) is 4.95. The van der Waals surface area contributed by atoms with E-state index < -0.39 is 17.1 Å². The average Bonchev–Trinajstić information content (AvgIpc) is 3.49. The van der Waals surface area contributed by atoms with Crippen LogP contribution in [0.2, 0.25) is 0 Å². The number of fused-ring (bicyclic) bond motifs is 1. The molecule has 2 atom stereocenters. The number of nitrogens with zero attached hydrogens (tertiary/aromatic N) is 3. The number of aromatic nitrogens is 2. The molecule has 1 aromatic carbocycles. The zero-order chi connectivity index (χ0) is 22.7. The Morgan fingerprint density at radius 3 is 2.55 bits per heavy atom. The smallest absolute Gasteiger partial charge is 0.350 e. The topological polar surface area (TPSA) is 118 Å². The van der Waals surface area contributed by atoms with Crippen LogP contribution in [0, 0.1) is 17.2 Å². The first kappa shape index (κ1) is 21.6. The average molecular weight is 436 g/mol. The molecular weight excluding hydrogens is 405 g/mol. The largest absolute Gasteiger partial charge is 0.492 e. The van der Waals surface area contributed by atoms with Crippen LogP contribution in [0.15, 0.2) is 15.7 Å². The maximum Gasteiger partial charge on any atom is 0.350 e. The lowest BCUT2D eigenvalue weighted by Gasteiger charge is -2.29. The lowest BCUT2D eigenvalue weighted by molar-refractivity contribution is 0.130. The monoisotopic (exact) mass is 435 g/mol. The number of methoxy groups -OCH3 is 2. The van der Waals surface area contributed by atoms with Gasteiger partial charge in [0, 0.05) is 38.2 Å². The summed E-state index contributed by atoms with van der Waals surface area (Å²) in [5.74, 6) is 5.33. The fourth-order valence-electron chi connectivity index (χ4n) is 4.95. The summed E-state index contributed by atoms with van der Waals surface area (Å²) in [5.41, 5.74) is 5.30. The zero-order valence-electron chi connectivity index (χ0n) is 18.4. The summed E-state index contributed by atoms with van der Waals surface area (Å²) in [5, 5.41) is 0.0261. The molecular formula is C21H30FN5O4. The fraction of sp³-hybridized carbons (Fsp3) is 0.619. The molecule has 4 rings (SSSR count). The van der Waals surface area contributed by atoms with Crippen molar-refractivity contribution in [2.75, 3.05) is 44.7 Å². The van der Waals surface area contributed by atoms with Crippen LogP contribution >= 0.6 is 0 Å². The third kappa shape index (κ3) is 3.38. The number of hydrogen-bond donors (Lipinski definition) is 2. The third-order valence-corrected chi connectivity index (χ3v) is 6.61. The molecule has 2 fully saturated rings. The molecule has 0 bridgehead atoms. The Balaban J connectivity index is 1.93. The van der Waals surface area contributed by atoms with Crippen molar-refractivity contribution in [2.45, 2.75) is 38.8 Å². The highest BCUT2D eigenvalue weighted by atomic mass is 19.1. The summed E-state index contributed by atoms with van der Waals surface area (Å²) in [7, 11) is 3.02. The number of nitrogens with two attached hydrogens (primary N) is 2. The van der Waals surface area contributed by atoms with Crippen molar-refractivity contribution in [1.29, 1.82) is 0 Å². The van der Waals surface area contributed by atoms with E-state index in [1.807, 2.05) is 4.90 Å². The minimum atomic E-state index is -0.748. The van der Waals surface area contributed by atoms with Gasteiger partial charge in [-0.15, -0.1) is 0 Å². The van der Waals surface area contributed by atoms with Crippen molar-refractivity contribution in [2.24, 2.45) is 17.1 Å². The second kappa shape index (κ2) is 7.52. The van der Waals surface area contributed by atoms with Crippen LogP contribution in [-0.2, 0) is 4.74 Å². The van der Waals surface area contributed by atoms with Crippen LogP contribution in [0.3, 0.4) is 0 Å². The Morgan fingerprint density at radius 2 is 1.97 bits per heavy atom. The lowest BCUT2D eigenvalue weighted by atomic mass is 9.78. The summed E-state index contributed by atoms with van der Waals surface area (Å²) in [6, 6.07) is 0.858. The molecule has 1 aliphatic carbocycles. The van der Waals surface area contributed by atoms with E-state index in [2.05, 4.69) is 13.8 Å². The summed E-state index contributed by atoms with van der Waals surface area (Å²) in [6.45, 7) is 5.61. The highest BCUT2D eigenvalue weighted by molar-refractivity contribution is 5.91. The normalized spacial score (nSPS) is 21.6. The Bertz CT molecular complexity index is 1140. The van der Waals surface area contributed by atoms with Gasteiger partial charge in [0.2, 0.25) is 0 Å². The molecule has 0 radical (unpaired) electrons. The van der Waals surface area contributed by atoms with Gasteiger partial charge in [0.1, 0.15) is 11.2 Å². The summed E-state index contributed by atoms with van der Waals surface area (Å²) in [6.07, 6.45) is 1.57. The quantitative estimate of drug-likeness (QED) is 0.644. The van der Waals surface area contributed by atoms with Gasteiger partial charge in [-0.1, -0.05) is 13.8 Å². The predicted octanol–water partition coefficient (Wildman–Crippen LogP) is 0.796. The first-order valence-corrected chi connectivity index (χ1v) is 10.4. The highest BCUT2D eigenvalue weighted by Gasteiger charge is 2.44. The maximum absolute atomic E-state index is 15.5. The van der Waals surface area contributed by atoms with Gasteiger partial charge in [-0.2, -0.15) is 4.68 Å². The first-order valence-electron chi connectivity index (χ1n) is 10.4. The van der Waals surface area contributed by atoms with E-state index in [4.69, 9.17) is 21.1 Å². The van der Waals surface area contributed by atoms with Gasteiger partial charge in [0.05, 0.1) is 19.1 Å². The predicted molar refractivity (Wildman–Crippen MR) is 117 cm³/mol. The Morgan fingerprint density at radius 1 is 1.29 bits per heavy atom. The molecule has 1 aromatic heterocycles. The Hall–Kier alpha value is -2.59. The molecule has 0 spiro atoms. The molecule has 1 unspecified atom stereocenters. The third-order valence-electron chi connectivity index (χ3n) is 6.61. The Kier molecular flexibility index (Phi) is 5.25. The number of ether oxygens (including phenoxy) is 2. The van der Waals surface area contributed by atoms with Crippen LogP contribution < -0.4 is 32.5 Å². The van der Waals surface area contributed by atoms with Gasteiger partial charge in [-0.3, -0.25) is 9.36 Å². The zero-order valence-corrected chi connectivity index (χ0v) is 18.4. The van der Waals surface area contributed by atoms with Crippen LogP contribution in [0.25, 0.3) is 10.9 Å². The van der Waals surface area contributed by atoms with Gasteiger partial charge in [-0.05, 0) is 24.3 Å². The minimum Gasteiger partial charge on any atom is -0.492 e. The van der Waals surface area contributed by atoms with E-state index in [1.54, 1.807) is 7.11 Å². The molecule has 170 valence electrons. The second-order valence-corrected chi connectivity index (χ2v) is 9.29. The molecule has 2 aliphatic rings. The molecule has 2 heterocycles. The van der Waals surface area contributed by atoms with E-state index in [0.29, 0.717) is 29.9 Å². The molecule has 31 heavy (non-hydrogen) atoms. The SMILES string of the molecule is COC[C@@H](N)C1CN(c2c(F)cc3c(=O)n(N)c(=O)n(C4CC4)c3c2OC)CC1(C)C. The molecule has 10 heteroatoms. The van der Waals surface area contributed by atoms with Gasteiger partial charge in [0.25, 0.3) is 5.56 Å². The Labute approximate surface area is 179 Å². The van der Waals surface area contributed by atoms with Crippen molar-refractivity contribution >= 4 is 16.6 Å². The second-order valence-electron chi connectivity index (χ2n) is 9.29. The molecule has 4 N–H and O–H groups in total. The molecule has 0 amide bonds. The van der Waals surface area contributed by atoms with Crippen molar-refractivity contribution in [3.63, 3.8) is 0 Å². The highest BCUT2D eigenvalue weighted by Crippen LogP contribution is 2.46. The van der Waals surface area contributed by atoms with Crippen LogP contribution in [-0.4, -0.2) is 49.2 Å². The first-order chi connectivity index (χ1) is 14.6. The van der Waals surface area contributed by atoms with Crippen LogP contribution in [0.1, 0.15) is 32.7 Å². The molecule has 1 aliphatic heterocycles. The van der Waals surface area contributed by atoms with Crippen molar-refractivity contribution in [3.8, 4) is 5.75 Å². The standard InChI is InChI=1S/C21H30FN5O4/c1-21(2)10-25(8-13(21)15(23)9-30-3)17-14(22)7-12-16(18(17)31-4)26(11-5-6-11)20(29)27(24)19(12)28/h7,11,13,15H,5-6,8-10,23-24H2,1-4H3/t13?,15-/m1/s1. The summed E-state index contributed by atoms with van der Waals surface area (Å²) >= 11 is 0. The number of nitrogen functional groups attached to an aromatic ring is 1. The van der Waals surface area contributed by atoms with E-state index in [9.17, 15) is 9.59 Å². The van der Waals surface area contributed by atoms with E-state index in [1.165, 1.54) is 11.7 Å². The van der Waals surface area contributed by atoms with Crippen molar-refractivity contribution in [3.05, 3.63) is 32.7 Å². The van der Waals surface area contributed by atoms with E-state index in [-0.39, 0.29) is 40.2 Å². The maximum atomic E-state index is 15.5. The van der Waals surface area contributed by atoms with Crippen LogP contribution in [0.4, 0.5) is 10.1 Å². The summed E-state index contributed by atoms with van der Waals surface area (Å²) < 4.78 is 28.3. The molecule has 2 aromatic rings. The van der Waals surface area contributed by atoms with Gasteiger partial charge in [0.15, 0.2) is 11.6 Å². The lowest BCUT2D eigenvalue weighted by Crippen LogP contribution is -2.44.